The van der Waals surface area contributed by atoms with Crippen LogP contribution in [0.2, 0.25) is 0 Å². The van der Waals surface area contributed by atoms with Gasteiger partial charge in [-0.05, 0) is 23.7 Å². The molecule has 70 valence electrons. The number of anilines is 1. The van der Waals surface area contributed by atoms with Gasteiger partial charge < -0.3 is 5.32 Å². The Kier molecular flexibility index (Phi) is 2.51. The highest BCUT2D eigenvalue weighted by Gasteiger charge is 2.05. The van der Waals surface area contributed by atoms with Crippen molar-refractivity contribution < 1.29 is 4.79 Å². The summed E-state index contributed by atoms with van der Waals surface area (Å²) in [6, 6.07) is 8.98. The Balaban J connectivity index is 2.11. The Bertz CT molecular complexity index is 413. The van der Waals surface area contributed by atoms with E-state index in [1.165, 1.54) is 11.5 Å². The fourth-order valence-electron chi connectivity index (χ4n) is 0.997. The molecule has 0 saturated heterocycles. The molecule has 1 amide bonds. The third kappa shape index (κ3) is 1.94. The van der Waals surface area contributed by atoms with E-state index in [1.807, 2.05) is 18.2 Å². The fraction of sp³-hybridized carbons (Fsp3) is 0. The predicted molar refractivity (Wildman–Crippen MR) is 54.3 cm³/mol. The average Bonchev–Trinajstić information content (AvgIpc) is 2.72. The van der Waals surface area contributed by atoms with Crippen LogP contribution in [-0.2, 0) is 0 Å². The average molecular weight is 205 g/mol. The summed E-state index contributed by atoms with van der Waals surface area (Å²) in [7, 11) is 0. The van der Waals surface area contributed by atoms with Crippen molar-refractivity contribution in [2.75, 3.05) is 5.32 Å². The number of benzene rings is 1. The Labute approximate surface area is 84.8 Å². The van der Waals surface area contributed by atoms with Gasteiger partial charge in [0.05, 0.1) is 5.38 Å². The van der Waals surface area contributed by atoms with Crippen LogP contribution in [0.25, 0.3) is 0 Å². The van der Waals surface area contributed by atoms with E-state index in [0.717, 1.165) is 0 Å². The van der Waals surface area contributed by atoms with Crippen LogP contribution in [0.3, 0.4) is 0 Å². The molecule has 1 aromatic heterocycles. The molecule has 0 aliphatic carbocycles. The van der Waals surface area contributed by atoms with Crippen LogP contribution < -0.4 is 5.32 Å². The highest BCUT2D eigenvalue weighted by Crippen LogP contribution is 2.06. The third-order valence-electron chi connectivity index (χ3n) is 1.64. The number of carbonyl (C=O) groups is 1. The number of nitrogens with zero attached hydrogens (tertiary/aromatic N) is 2. The molecule has 0 fully saturated rings. The number of carbonyl (C=O) groups excluding carboxylic acids is 1. The third-order valence-corrected chi connectivity index (χ3v) is 2.14. The van der Waals surface area contributed by atoms with Crippen LogP contribution in [0.5, 0.6) is 0 Å². The first-order chi connectivity index (χ1) is 6.86. The normalized spacial score (nSPS) is 9.71. The minimum Gasteiger partial charge on any atom is -0.304 e. The maximum Gasteiger partial charge on any atom is 0.256 e. The van der Waals surface area contributed by atoms with Gasteiger partial charge in [-0.25, -0.2) is 0 Å². The number of rotatable bonds is 2. The Morgan fingerprint density at radius 1 is 1.29 bits per heavy atom. The number of aromatic nitrogens is 2. The van der Waals surface area contributed by atoms with Crippen molar-refractivity contribution in [2.24, 2.45) is 0 Å². The molecule has 14 heavy (non-hydrogen) atoms. The van der Waals surface area contributed by atoms with E-state index < -0.39 is 0 Å². The molecule has 5 heteroatoms. The van der Waals surface area contributed by atoms with Gasteiger partial charge in [-0.1, -0.05) is 22.7 Å². The number of hydrogen-bond donors (Lipinski definition) is 1. The van der Waals surface area contributed by atoms with Gasteiger partial charge in [0, 0.05) is 5.56 Å². The number of nitrogens with one attached hydrogen (secondary N) is 1. The lowest BCUT2D eigenvalue weighted by atomic mass is 10.2. The summed E-state index contributed by atoms with van der Waals surface area (Å²) in [5.41, 5.74) is 0.612. The topological polar surface area (TPSA) is 54.9 Å². The molecule has 1 N–H and O–H groups in total. The molecule has 1 heterocycles. The lowest BCUT2D eigenvalue weighted by Crippen LogP contribution is -2.11. The zero-order valence-electron chi connectivity index (χ0n) is 7.18. The van der Waals surface area contributed by atoms with Gasteiger partial charge in [0.25, 0.3) is 5.91 Å². The summed E-state index contributed by atoms with van der Waals surface area (Å²) in [5, 5.41) is 8.04. The Morgan fingerprint density at radius 3 is 2.71 bits per heavy atom. The molecule has 0 bridgehead atoms. The van der Waals surface area contributed by atoms with Crippen LogP contribution in [-0.4, -0.2) is 15.5 Å². The van der Waals surface area contributed by atoms with E-state index in [1.54, 1.807) is 17.5 Å². The van der Waals surface area contributed by atoms with Crippen LogP contribution in [0.1, 0.15) is 10.4 Å². The quantitative estimate of drug-likeness (QED) is 0.813. The van der Waals surface area contributed by atoms with Crippen molar-refractivity contribution in [2.45, 2.75) is 0 Å². The highest BCUT2D eigenvalue weighted by atomic mass is 32.1. The van der Waals surface area contributed by atoms with Gasteiger partial charge in [0.2, 0.25) is 0 Å². The van der Waals surface area contributed by atoms with Crippen LogP contribution in [0.4, 0.5) is 5.82 Å². The van der Waals surface area contributed by atoms with Gasteiger partial charge in [0.1, 0.15) is 0 Å². The number of amides is 1. The smallest absolute Gasteiger partial charge is 0.256 e. The van der Waals surface area contributed by atoms with Crippen molar-refractivity contribution in [1.82, 2.24) is 9.59 Å². The van der Waals surface area contributed by atoms with E-state index in [9.17, 15) is 4.79 Å². The first-order valence-corrected chi connectivity index (χ1v) is 4.83. The van der Waals surface area contributed by atoms with Crippen molar-refractivity contribution in [3.63, 3.8) is 0 Å². The van der Waals surface area contributed by atoms with Gasteiger partial charge in [-0.3, -0.25) is 4.79 Å². The fourth-order valence-corrected chi connectivity index (χ4v) is 1.39. The first kappa shape index (κ1) is 8.83. The molecular weight excluding hydrogens is 198 g/mol. The summed E-state index contributed by atoms with van der Waals surface area (Å²) in [6.07, 6.45) is 0. The van der Waals surface area contributed by atoms with E-state index in [0.29, 0.717) is 11.4 Å². The van der Waals surface area contributed by atoms with Crippen LogP contribution >= 0.6 is 11.5 Å². The molecule has 0 atom stereocenters. The monoisotopic (exact) mass is 205 g/mol. The minimum absolute atomic E-state index is 0.168. The summed E-state index contributed by atoms with van der Waals surface area (Å²) in [4.78, 5) is 11.5. The molecular formula is C9H7N3OS. The summed E-state index contributed by atoms with van der Waals surface area (Å²) in [5.74, 6) is 0.321. The largest absolute Gasteiger partial charge is 0.304 e. The summed E-state index contributed by atoms with van der Waals surface area (Å²) < 4.78 is 3.65. The molecule has 0 aliphatic rings. The van der Waals surface area contributed by atoms with Crippen LogP contribution in [0.15, 0.2) is 35.7 Å². The standard InChI is InChI=1S/C9H7N3OS/c13-9(7-4-2-1-3-5-7)10-8-6-14-12-11-8/h1-6H,(H,10,13). The second-order valence-electron chi connectivity index (χ2n) is 2.61. The molecule has 0 radical (unpaired) electrons. The SMILES string of the molecule is O=C(Nc1csnn1)c1ccccc1. The van der Waals surface area contributed by atoms with Crippen molar-refractivity contribution in [3.8, 4) is 0 Å². The van der Waals surface area contributed by atoms with E-state index in [-0.39, 0.29) is 5.91 Å². The van der Waals surface area contributed by atoms with Gasteiger partial charge in [0.15, 0.2) is 5.82 Å². The molecule has 0 spiro atoms. The van der Waals surface area contributed by atoms with E-state index in [2.05, 4.69) is 14.9 Å². The Hall–Kier alpha value is -1.75. The minimum atomic E-state index is -0.168. The second kappa shape index (κ2) is 3.97. The van der Waals surface area contributed by atoms with E-state index >= 15 is 0 Å². The second-order valence-corrected chi connectivity index (χ2v) is 3.22. The van der Waals surface area contributed by atoms with Crippen molar-refractivity contribution in [3.05, 3.63) is 41.3 Å². The molecule has 0 unspecified atom stereocenters. The lowest BCUT2D eigenvalue weighted by Gasteiger charge is -1.99. The highest BCUT2D eigenvalue weighted by molar-refractivity contribution is 7.03. The molecule has 1 aromatic carbocycles. The van der Waals surface area contributed by atoms with Gasteiger partial charge in [-0.15, -0.1) is 5.10 Å². The zero-order chi connectivity index (χ0) is 9.80. The summed E-state index contributed by atoms with van der Waals surface area (Å²) >= 11 is 1.20. The lowest BCUT2D eigenvalue weighted by molar-refractivity contribution is 0.102. The Morgan fingerprint density at radius 2 is 2.07 bits per heavy atom. The van der Waals surface area contributed by atoms with Gasteiger partial charge in [-0.2, -0.15) is 0 Å². The number of hydrogen-bond acceptors (Lipinski definition) is 4. The zero-order valence-corrected chi connectivity index (χ0v) is 7.99. The maximum absolute atomic E-state index is 11.5. The van der Waals surface area contributed by atoms with Crippen molar-refractivity contribution >= 4 is 23.3 Å². The predicted octanol–water partition coefficient (Wildman–Crippen LogP) is 1.79. The van der Waals surface area contributed by atoms with E-state index in [4.69, 9.17) is 0 Å². The summed E-state index contributed by atoms with van der Waals surface area (Å²) in [6.45, 7) is 0. The molecule has 4 nitrogen and oxygen atoms in total. The molecule has 2 aromatic rings. The molecule has 0 aliphatic heterocycles. The first-order valence-electron chi connectivity index (χ1n) is 4.00. The van der Waals surface area contributed by atoms with Crippen molar-refractivity contribution in [1.29, 1.82) is 0 Å². The van der Waals surface area contributed by atoms with Gasteiger partial charge >= 0.3 is 0 Å². The molecule has 2 rings (SSSR count). The van der Waals surface area contributed by atoms with Crippen LogP contribution in [0, 0.1) is 0 Å². The maximum atomic E-state index is 11.5. The molecule has 0 saturated carbocycles.